The number of anilines is 1. The zero-order valence-electron chi connectivity index (χ0n) is 9.34. The molecule has 0 spiro atoms. The molecule has 17 heavy (non-hydrogen) atoms. The van der Waals surface area contributed by atoms with Crippen LogP contribution >= 0.6 is 0 Å². The van der Waals surface area contributed by atoms with Crippen molar-refractivity contribution >= 4 is 26.6 Å². The lowest BCUT2D eigenvalue weighted by molar-refractivity contribution is 0.483. The first-order valence-electron chi connectivity index (χ1n) is 5.26. The molecule has 0 atom stereocenters. The summed E-state index contributed by atoms with van der Waals surface area (Å²) < 4.78 is 30.9. The van der Waals surface area contributed by atoms with Crippen molar-refractivity contribution in [1.29, 1.82) is 0 Å². The molecular weight excluding hydrogens is 238 g/mol. The molecule has 0 aromatic heterocycles. The van der Waals surface area contributed by atoms with Crippen LogP contribution in [-0.2, 0) is 10.1 Å². The van der Waals surface area contributed by atoms with Crippen LogP contribution in [0.4, 0.5) is 5.69 Å². The third-order valence-corrected chi connectivity index (χ3v) is 3.34. The quantitative estimate of drug-likeness (QED) is 0.823. The van der Waals surface area contributed by atoms with E-state index in [0.29, 0.717) is 0 Å². The van der Waals surface area contributed by atoms with Gasteiger partial charge in [-0.1, -0.05) is 12.1 Å². The monoisotopic (exact) mass is 251 g/mol. The predicted molar refractivity (Wildman–Crippen MR) is 67.9 cm³/mol. The van der Waals surface area contributed by atoms with Gasteiger partial charge in [-0.05, 0) is 42.0 Å². The topological polar surface area (TPSA) is 66.4 Å². The van der Waals surface area contributed by atoms with E-state index in [-0.39, 0.29) is 4.90 Å². The molecule has 2 aromatic rings. The van der Waals surface area contributed by atoms with Crippen LogP contribution in [-0.4, -0.2) is 19.5 Å². The van der Waals surface area contributed by atoms with Gasteiger partial charge in [-0.3, -0.25) is 4.55 Å². The second-order valence-electron chi connectivity index (χ2n) is 3.73. The first kappa shape index (κ1) is 11.9. The van der Waals surface area contributed by atoms with Crippen molar-refractivity contribution in [3.05, 3.63) is 36.4 Å². The number of benzene rings is 2. The van der Waals surface area contributed by atoms with Crippen LogP contribution in [0.25, 0.3) is 10.8 Å². The van der Waals surface area contributed by atoms with E-state index in [1.807, 2.05) is 25.1 Å². The molecule has 5 heteroatoms. The summed E-state index contributed by atoms with van der Waals surface area (Å²) in [7, 11) is -4.13. The molecule has 0 aliphatic carbocycles. The van der Waals surface area contributed by atoms with Gasteiger partial charge in [0.2, 0.25) is 0 Å². The molecular formula is C12H13NO3S. The molecule has 0 fully saturated rings. The zero-order chi connectivity index (χ0) is 12.5. The average molecular weight is 251 g/mol. The highest BCUT2D eigenvalue weighted by atomic mass is 32.2. The van der Waals surface area contributed by atoms with Crippen molar-refractivity contribution < 1.29 is 13.0 Å². The van der Waals surface area contributed by atoms with E-state index in [2.05, 4.69) is 5.32 Å². The minimum atomic E-state index is -4.13. The second kappa shape index (κ2) is 4.35. The molecule has 0 heterocycles. The molecule has 90 valence electrons. The fraction of sp³-hybridized carbons (Fsp3) is 0.167. The fourth-order valence-electron chi connectivity index (χ4n) is 1.70. The van der Waals surface area contributed by atoms with Crippen molar-refractivity contribution in [1.82, 2.24) is 0 Å². The van der Waals surface area contributed by atoms with Gasteiger partial charge in [-0.25, -0.2) is 0 Å². The number of rotatable bonds is 3. The number of nitrogens with one attached hydrogen (secondary N) is 1. The standard InChI is InChI=1S/C12H13NO3S/c1-2-13-11-5-3-10-8-12(17(14,15)16)6-4-9(10)7-11/h3-8,13H,2H2,1H3,(H,14,15,16). The predicted octanol–water partition coefficient (Wildman–Crippen LogP) is 2.52. The highest BCUT2D eigenvalue weighted by molar-refractivity contribution is 7.85. The summed E-state index contributed by atoms with van der Waals surface area (Å²) in [4.78, 5) is -0.0822. The van der Waals surface area contributed by atoms with Gasteiger partial charge < -0.3 is 5.32 Å². The Morgan fingerprint density at radius 3 is 2.41 bits per heavy atom. The number of hydrogen-bond acceptors (Lipinski definition) is 3. The van der Waals surface area contributed by atoms with E-state index in [1.54, 1.807) is 6.07 Å². The van der Waals surface area contributed by atoms with E-state index in [4.69, 9.17) is 4.55 Å². The molecule has 0 amide bonds. The molecule has 2 rings (SSSR count). The molecule has 0 bridgehead atoms. The SMILES string of the molecule is CCNc1ccc2cc(S(=O)(=O)O)ccc2c1. The Kier molecular flexibility index (Phi) is 3.04. The Morgan fingerprint density at radius 1 is 1.12 bits per heavy atom. The van der Waals surface area contributed by atoms with E-state index >= 15 is 0 Å². The first-order valence-corrected chi connectivity index (χ1v) is 6.70. The Bertz CT molecular complexity index is 650. The lowest BCUT2D eigenvalue weighted by atomic mass is 10.1. The van der Waals surface area contributed by atoms with Gasteiger partial charge in [-0.15, -0.1) is 0 Å². The summed E-state index contributed by atoms with van der Waals surface area (Å²) in [6.07, 6.45) is 0. The number of fused-ring (bicyclic) bond motifs is 1. The summed E-state index contributed by atoms with van der Waals surface area (Å²) in [5.74, 6) is 0. The molecule has 4 nitrogen and oxygen atoms in total. The van der Waals surface area contributed by atoms with Crippen LogP contribution in [0.1, 0.15) is 6.92 Å². The normalized spacial score (nSPS) is 11.6. The van der Waals surface area contributed by atoms with E-state index in [9.17, 15) is 8.42 Å². The van der Waals surface area contributed by atoms with E-state index in [1.165, 1.54) is 12.1 Å². The molecule has 0 saturated carbocycles. The van der Waals surface area contributed by atoms with Crippen LogP contribution < -0.4 is 5.32 Å². The van der Waals surface area contributed by atoms with Crippen LogP contribution in [0.15, 0.2) is 41.3 Å². The molecule has 2 N–H and O–H groups in total. The second-order valence-corrected chi connectivity index (χ2v) is 5.15. The average Bonchev–Trinajstić information content (AvgIpc) is 2.27. The molecule has 0 aliphatic rings. The van der Waals surface area contributed by atoms with Gasteiger partial charge in [-0.2, -0.15) is 8.42 Å². The molecule has 0 radical (unpaired) electrons. The summed E-state index contributed by atoms with van der Waals surface area (Å²) in [6.45, 7) is 2.83. The van der Waals surface area contributed by atoms with E-state index < -0.39 is 10.1 Å². The van der Waals surface area contributed by atoms with Gasteiger partial charge in [0.1, 0.15) is 0 Å². The fourth-order valence-corrected chi connectivity index (χ4v) is 2.21. The van der Waals surface area contributed by atoms with Crippen LogP contribution in [0.3, 0.4) is 0 Å². The Labute approximate surface area is 100 Å². The summed E-state index contributed by atoms with van der Waals surface area (Å²) in [5.41, 5.74) is 0.986. The summed E-state index contributed by atoms with van der Waals surface area (Å²) >= 11 is 0. The third-order valence-electron chi connectivity index (χ3n) is 2.49. The maximum absolute atomic E-state index is 11.0. The maximum Gasteiger partial charge on any atom is 0.294 e. The van der Waals surface area contributed by atoms with Crippen molar-refractivity contribution in [3.63, 3.8) is 0 Å². The highest BCUT2D eigenvalue weighted by Gasteiger charge is 2.09. The van der Waals surface area contributed by atoms with Crippen molar-refractivity contribution in [2.45, 2.75) is 11.8 Å². The van der Waals surface area contributed by atoms with Crippen molar-refractivity contribution in [2.75, 3.05) is 11.9 Å². The molecule has 2 aromatic carbocycles. The largest absolute Gasteiger partial charge is 0.385 e. The summed E-state index contributed by atoms with van der Waals surface area (Å²) in [5, 5.41) is 4.88. The molecule has 0 unspecified atom stereocenters. The Hall–Kier alpha value is -1.59. The maximum atomic E-state index is 11.0. The minimum Gasteiger partial charge on any atom is -0.385 e. The van der Waals surface area contributed by atoms with Crippen molar-refractivity contribution in [3.8, 4) is 0 Å². The van der Waals surface area contributed by atoms with Crippen LogP contribution in [0.5, 0.6) is 0 Å². The molecule has 0 aliphatic heterocycles. The Morgan fingerprint density at radius 2 is 1.76 bits per heavy atom. The van der Waals surface area contributed by atoms with Gasteiger partial charge in [0.05, 0.1) is 4.90 Å². The highest BCUT2D eigenvalue weighted by Crippen LogP contribution is 2.22. The van der Waals surface area contributed by atoms with E-state index in [0.717, 1.165) is 23.0 Å². The summed E-state index contributed by atoms with van der Waals surface area (Å²) in [6, 6.07) is 10.2. The Balaban J connectivity index is 2.54. The minimum absolute atomic E-state index is 0.0822. The van der Waals surface area contributed by atoms with Crippen LogP contribution in [0.2, 0.25) is 0 Å². The van der Waals surface area contributed by atoms with Gasteiger partial charge in [0.25, 0.3) is 10.1 Å². The lowest BCUT2D eigenvalue weighted by Crippen LogP contribution is -1.98. The van der Waals surface area contributed by atoms with Gasteiger partial charge in [0, 0.05) is 12.2 Å². The number of hydrogen-bond donors (Lipinski definition) is 2. The molecule has 0 saturated heterocycles. The smallest absolute Gasteiger partial charge is 0.294 e. The van der Waals surface area contributed by atoms with Crippen molar-refractivity contribution in [2.24, 2.45) is 0 Å². The third kappa shape index (κ3) is 2.57. The van der Waals surface area contributed by atoms with Gasteiger partial charge in [0.15, 0.2) is 0 Å². The van der Waals surface area contributed by atoms with Crippen LogP contribution in [0, 0.1) is 0 Å². The lowest BCUT2D eigenvalue weighted by Gasteiger charge is -2.05. The zero-order valence-corrected chi connectivity index (χ0v) is 10.2. The first-order chi connectivity index (χ1) is 8.00. The van der Waals surface area contributed by atoms with Gasteiger partial charge >= 0.3 is 0 Å².